The highest BCUT2D eigenvalue weighted by molar-refractivity contribution is 7.89. The highest BCUT2D eigenvalue weighted by Crippen LogP contribution is 2.36. The second-order valence-corrected chi connectivity index (χ2v) is 11.1. The standard InChI is InChI=1S/C25H32N2O4S/c1-7-25(5,6)27(32(30,31)21-14-8-18(4)9-15-21)22-16-23(28)26(24(22)29)20-12-10-19(11-13-20)17(2)3/h8-15,17,22H,7,16H2,1-6H3. The molecular formula is C25H32N2O4S. The monoisotopic (exact) mass is 456 g/mol. The summed E-state index contributed by atoms with van der Waals surface area (Å²) in [7, 11) is -4.02. The lowest BCUT2D eigenvalue weighted by atomic mass is 10.00. The van der Waals surface area contributed by atoms with Crippen molar-refractivity contribution in [1.82, 2.24) is 4.31 Å². The maximum atomic E-state index is 13.7. The number of nitrogens with zero attached hydrogens (tertiary/aromatic N) is 2. The SMILES string of the molecule is CCC(C)(C)N(C1CC(=O)N(c2ccc(C(C)C)cc2)C1=O)S(=O)(=O)c1ccc(C)cc1. The second kappa shape index (κ2) is 8.79. The van der Waals surface area contributed by atoms with E-state index in [9.17, 15) is 18.0 Å². The topological polar surface area (TPSA) is 74.8 Å². The molecule has 0 N–H and O–H groups in total. The predicted molar refractivity (Wildman–Crippen MR) is 126 cm³/mol. The molecule has 0 spiro atoms. The average molecular weight is 457 g/mol. The number of imide groups is 1. The molecule has 1 fully saturated rings. The van der Waals surface area contributed by atoms with Gasteiger partial charge < -0.3 is 0 Å². The Hall–Kier alpha value is -2.51. The van der Waals surface area contributed by atoms with Gasteiger partial charge in [0.15, 0.2) is 0 Å². The largest absolute Gasteiger partial charge is 0.274 e. The van der Waals surface area contributed by atoms with Crippen LogP contribution in [0.3, 0.4) is 0 Å². The summed E-state index contributed by atoms with van der Waals surface area (Å²) in [6.45, 7) is 11.5. The molecule has 172 valence electrons. The van der Waals surface area contributed by atoms with Gasteiger partial charge in [-0.1, -0.05) is 50.6 Å². The first-order valence-electron chi connectivity index (χ1n) is 11.0. The average Bonchev–Trinajstić information content (AvgIpc) is 3.01. The molecule has 1 aliphatic rings. The Morgan fingerprint density at radius 1 is 1.03 bits per heavy atom. The van der Waals surface area contributed by atoms with Crippen molar-refractivity contribution in [2.24, 2.45) is 0 Å². The normalized spacial score (nSPS) is 17.6. The number of hydrogen-bond donors (Lipinski definition) is 0. The van der Waals surface area contributed by atoms with Crippen LogP contribution in [-0.2, 0) is 19.6 Å². The van der Waals surface area contributed by atoms with Crippen LogP contribution in [0.5, 0.6) is 0 Å². The molecule has 3 rings (SSSR count). The predicted octanol–water partition coefficient (Wildman–Crippen LogP) is 4.63. The highest BCUT2D eigenvalue weighted by Gasteiger charge is 2.51. The number of anilines is 1. The second-order valence-electron chi connectivity index (χ2n) is 9.31. The smallest absolute Gasteiger partial charge is 0.252 e. The van der Waals surface area contributed by atoms with E-state index in [2.05, 4.69) is 13.8 Å². The molecular weight excluding hydrogens is 424 g/mol. The van der Waals surface area contributed by atoms with E-state index in [1.807, 2.05) is 26.0 Å². The summed E-state index contributed by atoms with van der Waals surface area (Å²) in [6, 6.07) is 12.8. The van der Waals surface area contributed by atoms with Crippen LogP contribution in [0.25, 0.3) is 0 Å². The van der Waals surface area contributed by atoms with Gasteiger partial charge in [-0.2, -0.15) is 4.31 Å². The van der Waals surface area contributed by atoms with Crippen LogP contribution >= 0.6 is 0 Å². The summed E-state index contributed by atoms with van der Waals surface area (Å²) in [5.41, 5.74) is 1.64. The van der Waals surface area contributed by atoms with Gasteiger partial charge in [0.25, 0.3) is 5.91 Å². The lowest BCUT2D eigenvalue weighted by molar-refractivity contribution is -0.122. The number of carbonyl (C=O) groups excluding carboxylic acids is 2. The molecule has 7 heteroatoms. The van der Waals surface area contributed by atoms with E-state index >= 15 is 0 Å². The van der Waals surface area contributed by atoms with Gasteiger partial charge in [0.1, 0.15) is 6.04 Å². The molecule has 0 aliphatic carbocycles. The van der Waals surface area contributed by atoms with Gasteiger partial charge in [0, 0.05) is 5.54 Å². The van der Waals surface area contributed by atoms with Crippen LogP contribution < -0.4 is 4.90 Å². The fraction of sp³-hybridized carbons (Fsp3) is 0.440. The minimum Gasteiger partial charge on any atom is -0.274 e. The van der Waals surface area contributed by atoms with Gasteiger partial charge in [0.05, 0.1) is 17.0 Å². The highest BCUT2D eigenvalue weighted by atomic mass is 32.2. The maximum Gasteiger partial charge on any atom is 0.252 e. The van der Waals surface area contributed by atoms with E-state index in [1.54, 1.807) is 50.2 Å². The molecule has 0 aromatic heterocycles. The number of benzene rings is 2. The van der Waals surface area contributed by atoms with E-state index in [0.29, 0.717) is 18.0 Å². The van der Waals surface area contributed by atoms with Crippen LogP contribution in [0.4, 0.5) is 5.69 Å². The quantitative estimate of drug-likeness (QED) is 0.569. The van der Waals surface area contributed by atoms with Gasteiger partial charge in [-0.25, -0.2) is 13.3 Å². The van der Waals surface area contributed by atoms with E-state index < -0.39 is 33.4 Å². The van der Waals surface area contributed by atoms with Crippen molar-refractivity contribution < 1.29 is 18.0 Å². The zero-order chi connectivity index (χ0) is 23.8. The van der Waals surface area contributed by atoms with Crippen LogP contribution in [0.15, 0.2) is 53.4 Å². The summed E-state index contributed by atoms with van der Waals surface area (Å²) >= 11 is 0. The number of aryl methyl sites for hydroxylation is 1. The van der Waals surface area contributed by atoms with E-state index in [-0.39, 0.29) is 11.3 Å². The number of sulfonamides is 1. The first-order chi connectivity index (χ1) is 14.9. The van der Waals surface area contributed by atoms with Crippen molar-refractivity contribution in [3.8, 4) is 0 Å². The van der Waals surface area contributed by atoms with E-state index in [1.165, 1.54) is 4.31 Å². The maximum absolute atomic E-state index is 13.7. The Kier molecular flexibility index (Phi) is 6.63. The fourth-order valence-electron chi connectivity index (χ4n) is 3.97. The third-order valence-electron chi connectivity index (χ3n) is 6.26. The Balaban J connectivity index is 2.04. The lowest BCUT2D eigenvalue weighted by Gasteiger charge is -2.39. The van der Waals surface area contributed by atoms with Crippen molar-refractivity contribution in [1.29, 1.82) is 0 Å². The zero-order valence-electron chi connectivity index (χ0n) is 19.6. The molecule has 1 heterocycles. The lowest BCUT2D eigenvalue weighted by Crippen LogP contribution is -2.55. The molecule has 1 saturated heterocycles. The molecule has 2 amide bonds. The summed E-state index contributed by atoms with van der Waals surface area (Å²) in [5, 5.41) is 0. The molecule has 2 aromatic carbocycles. The van der Waals surface area contributed by atoms with Crippen molar-refractivity contribution in [3.05, 3.63) is 59.7 Å². The number of hydrogen-bond acceptors (Lipinski definition) is 4. The zero-order valence-corrected chi connectivity index (χ0v) is 20.4. The molecule has 0 radical (unpaired) electrons. The Bertz CT molecular complexity index is 1100. The molecule has 32 heavy (non-hydrogen) atoms. The van der Waals surface area contributed by atoms with Gasteiger partial charge in [-0.15, -0.1) is 0 Å². The fourth-order valence-corrected chi connectivity index (χ4v) is 5.96. The molecule has 1 aliphatic heterocycles. The Morgan fingerprint density at radius 2 is 1.59 bits per heavy atom. The van der Waals surface area contributed by atoms with Crippen LogP contribution in [-0.4, -0.2) is 36.1 Å². The summed E-state index contributed by atoms with van der Waals surface area (Å²) < 4.78 is 28.6. The van der Waals surface area contributed by atoms with Crippen molar-refractivity contribution in [3.63, 3.8) is 0 Å². The third-order valence-corrected chi connectivity index (χ3v) is 8.40. The van der Waals surface area contributed by atoms with Crippen molar-refractivity contribution >= 4 is 27.5 Å². The number of rotatable bonds is 7. The first-order valence-corrected chi connectivity index (χ1v) is 12.4. The molecule has 1 unspecified atom stereocenters. The summed E-state index contributed by atoms with van der Waals surface area (Å²) in [6.07, 6.45) is 0.304. The Labute approximate surface area is 191 Å². The number of amides is 2. The van der Waals surface area contributed by atoms with Gasteiger partial charge in [0.2, 0.25) is 15.9 Å². The van der Waals surface area contributed by atoms with E-state index in [0.717, 1.165) is 16.0 Å². The minimum absolute atomic E-state index is 0.115. The van der Waals surface area contributed by atoms with Gasteiger partial charge in [-0.05, 0) is 62.9 Å². The first kappa shape index (κ1) is 24.1. The summed E-state index contributed by atoms with van der Waals surface area (Å²) in [5.74, 6) is -0.583. The van der Waals surface area contributed by atoms with Crippen molar-refractivity contribution in [2.45, 2.75) is 76.8 Å². The molecule has 0 bridgehead atoms. The molecule has 6 nitrogen and oxygen atoms in total. The van der Waals surface area contributed by atoms with Crippen LogP contribution in [0.2, 0.25) is 0 Å². The van der Waals surface area contributed by atoms with Crippen LogP contribution in [0.1, 0.15) is 64.5 Å². The molecule has 1 atom stereocenters. The van der Waals surface area contributed by atoms with Crippen molar-refractivity contribution in [2.75, 3.05) is 4.90 Å². The van der Waals surface area contributed by atoms with Gasteiger partial charge in [-0.3, -0.25) is 9.59 Å². The Morgan fingerprint density at radius 3 is 2.09 bits per heavy atom. The third kappa shape index (κ3) is 4.36. The number of carbonyl (C=O) groups is 2. The summed E-state index contributed by atoms with van der Waals surface area (Å²) in [4.78, 5) is 27.6. The van der Waals surface area contributed by atoms with Crippen LogP contribution in [0, 0.1) is 6.92 Å². The minimum atomic E-state index is -4.02. The van der Waals surface area contributed by atoms with E-state index in [4.69, 9.17) is 0 Å². The molecule has 0 saturated carbocycles. The van der Waals surface area contributed by atoms with Gasteiger partial charge >= 0.3 is 0 Å². The molecule has 2 aromatic rings.